The number of rotatable bonds is 4. The topological polar surface area (TPSA) is 76.8 Å². The molecule has 30 heavy (non-hydrogen) atoms. The van der Waals surface area contributed by atoms with Gasteiger partial charge in [0, 0.05) is 6.54 Å². The van der Waals surface area contributed by atoms with Crippen molar-refractivity contribution in [1.29, 1.82) is 0 Å². The Labute approximate surface area is 179 Å². The van der Waals surface area contributed by atoms with Crippen molar-refractivity contribution >= 4 is 17.1 Å². The summed E-state index contributed by atoms with van der Waals surface area (Å²) in [6.07, 6.45) is 0.103. The molecule has 0 spiro atoms. The lowest BCUT2D eigenvalue weighted by molar-refractivity contribution is -0.0898. The smallest absolute Gasteiger partial charge is 0.410 e. The fraction of sp³-hybridized carbons (Fsp3) is 0.652. The average molecular weight is 418 g/mol. The number of ether oxygens (including phenoxy) is 2. The Balaban J connectivity index is 1.90. The van der Waals surface area contributed by atoms with Crippen molar-refractivity contribution in [3.63, 3.8) is 0 Å². The van der Waals surface area contributed by atoms with Crippen molar-refractivity contribution in [2.75, 3.05) is 19.7 Å². The molecule has 1 saturated heterocycles. The zero-order chi connectivity index (χ0) is 22.3. The number of amides is 1. The number of piperidine rings is 1. The summed E-state index contributed by atoms with van der Waals surface area (Å²) in [5.41, 5.74) is 1.68. The number of aryl methyl sites for hydroxylation is 2. The number of benzene rings is 1. The predicted molar refractivity (Wildman–Crippen MR) is 117 cm³/mol. The highest BCUT2D eigenvalue weighted by Crippen LogP contribution is 2.32. The average Bonchev–Trinajstić information content (AvgIpc) is 2.92. The second kappa shape index (κ2) is 8.19. The molecule has 7 nitrogen and oxygen atoms in total. The summed E-state index contributed by atoms with van der Waals surface area (Å²) >= 11 is 0. The first-order chi connectivity index (χ1) is 13.8. The van der Waals surface area contributed by atoms with Gasteiger partial charge in [-0.25, -0.2) is 9.78 Å². The third-order valence-electron chi connectivity index (χ3n) is 5.18. The zero-order valence-electron chi connectivity index (χ0n) is 19.2. The van der Waals surface area contributed by atoms with Gasteiger partial charge >= 0.3 is 6.09 Å². The van der Waals surface area contributed by atoms with Gasteiger partial charge in [-0.05, 0) is 72.6 Å². The minimum atomic E-state index is -0.956. The molecule has 1 aromatic heterocycles. The molecule has 1 aliphatic heterocycles. The molecular weight excluding hydrogens is 382 g/mol. The number of hydrogen-bond acceptors (Lipinski definition) is 5. The van der Waals surface area contributed by atoms with E-state index in [9.17, 15) is 9.90 Å². The van der Waals surface area contributed by atoms with Crippen molar-refractivity contribution in [3.05, 3.63) is 29.6 Å². The summed E-state index contributed by atoms with van der Waals surface area (Å²) in [5, 5.41) is 10.2. The van der Waals surface area contributed by atoms with E-state index < -0.39 is 11.2 Å². The maximum absolute atomic E-state index is 12.7. The van der Waals surface area contributed by atoms with Crippen LogP contribution in [0.2, 0.25) is 0 Å². The first-order valence-corrected chi connectivity index (χ1v) is 10.6. The number of hydrogen-bond donors (Lipinski definition) is 1. The highest BCUT2D eigenvalue weighted by molar-refractivity contribution is 5.77. The molecule has 7 heteroatoms. The third kappa shape index (κ3) is 5.32. The van der Waals surface area contributed by atoms with Crippen molar-refractivity contribution in [2.24, 2.45) is 0 Å². The monoisotopic (exact) mass is 417 g/mol. The highest BCUT2D eigenvalue weighted by atomic mass is 16.6. The number of carbonyl (C=O) groups excluding carboxylic acids is 1. The van der Waals surface area contributed by atoms with Crippen LogP contribution in [0, 0.1) is 13.8 Å². The maximum atomic E-state index is 12.7. The molecular formula is C23H35N3O4. The van der Waals surface area contributed by atoms with E-state index in [0.717, 1.165) is 23.3 Å². The molecule has 0 aliphatic carbocycles. The van der Waals surface area contributed by atoms with Gasteiger partial charge in [-0.3, -0.25) is 0 Å². The third-order valence-corrected chi connectivity index (χ3v) is 5.18. The van der Waals surface area contributed by atoms with Gasteiger partial charge in [-0.2, -0.15) is 0 Å². The summed E-state index contributed by atoms with van der Waals surface area (Å²) in [5.74, 6) is 0.920. The lowest BCUT2D eigenvalue weighted by Gasteiger charge is -2.40. The summed E-state index contributed by atoms with van der Waals surface area (Å²) < 4.78 is 14.0. The van der Waals surface area contributed by atoms with E-state index in [0.29, 0.717) is 13.1 Å². The number of fused-ring (bicyclic) bond motifs is 1. The van der Waals surface area contributed by atoms with Gasteiger partial charge in [0.25, 0.3) is 0 Å². The number of aliphatic hydroxyl groups is 1. The van der Waals surface area contributed by atoms with Crippen LogP contribution in [0.25, 0.3) is 11.0 Å². The van der Waals surface area contributed by atoms with E-state index in [4.69, 9.17) is 14.5 Å². The van der Waals surface area contributed by atoms with Crippen LogP contribution in [-0.2, 0) is 9.47 Å². The molecule has 0 bridgehead atoms. The molecule has 1 amide bonds. The lowest BCUT2D eigenvalue weighted by Crippen LogP contribution is -2.50. The normalized spacial score (nSPS) is 20.6. The van der Waals surface area contributed by atoms with Crippen molar-refractivity contribution in [3.8, 4) is 0 Å². The van der Waals surface area contributed by atoms with Crippen LogP contribution in [0.1, 0.15) is 58.5 Å². The fourth-order valence-corrected chi connectivity index (χ4v) is 3.91. The Hall–Kier alpha value is -2.12. The van der Waals surface area contributed by atoms with Crippen molar-refractivity contribution in [2.45, 2.75) is 78.2 Å². The molecule has 0 radical (unpaired) electrons. The number of imidazole rings is 1. The second-order valence-corrected chi connectivity index (χ2v) is 9.97. The van der Waals surface area contributed by atoms with E-state index in [1.54, 1.807) is 18.7 Å². The Morgan fingerprint density at radius 2 is 1.93 bits per heavy atom. The number of likely N-dealkylation sites (tertiary alicyclic amines) is 1. The number of nitrogens with zero attached hydrogens (tertiary/aromatic N) is 3. The van der Waals surface area contributed by atoms with Crippen LogP contribution in [0.3, 0.4) is 0 Å². The maximum Gasteiger partial charge on any atom is 0.410 e. The van der Waals surface area contributed by atoms with Crippen LogP contribution < -0.4 is 0 Å². The van der Waals surface area contributed by atoms with Gasteiger partial charge in [-0.1, -0.05) is 6.07 Å². The van der Waals surface area contributed by atoms with E-state index in [1.807, 2.05) is 27.7 Å². The van der Waals surface area contributed by atoms with Gasteiger partial charge in [0.05, 0.1) is 41.9 Å². The summed E-state index contributed by atoms with van der Waals surface area (Å²) in [7, 11) is 0. The second-order valence-electron chi connectivity index (χ2n) is 9.97. The summed E-state index contributed by atoms with van der Waals surface area (Å²) in [6, 6.07) is 6.28. The quantitative estimate of drug-likeness (QED) is 0.814. The molecule has 1 fully saturated rings. The Morgan fingerprint density at radius 1 is 1.23 bits per heavy atom. The van der Waals surface area contributed by atoms with Crippen LogP contribution in [0.4, 0.5) is 4.79 Å². The lowest BCUT2D eigenvalue weighted by atomic mass is 10.0. The zero-order valence-corrected chi connectivity index (χ0v) is 19.2. The first kappa shape index (κ1) is 22.6. The van der Waals surface area contributed by atoms with Crippen LogP contribution in [0.15, 0.2) is 18.2 Å². The first-order valence-electron chi connectivity index (χ1n) is 10.6. The highest BCUT2D eigenvalue weighted by Gasteiger charge is 2.37. The van der Waals surface area contributed by atoms with E-state index in [-0.39, 0.29) is 24.8 Å². The van der Waals surface area contributed by atoms with Gasteiger partial charge in [-0.15, -0.1) is 0 Å². The van der Waals surface area contributed by atoms with E-state index in [1.165, 1.54) is 5.56 Å². The standard InChI is InChI=1S/C23H35N3O4/c1-15-8-9-18-17(12-15)24-16(2)26(18)19-10-11-25(21(27)30-22(3,4)5)13-20(19)29-14-23(6,7)28/h8-9,12,19-20,28H,10-11,13-14H2,1-7H3/t19-,20-/m1/s1. The molecule has 1 aromatic carbocycles. The number of carbonyl (C=O) groups is 1. The Morgan fingerprint density at radius 3 is 2.57 bits per heavy atom. The van der Waals surface area contributed by atoms with Crippen molar-refractivity contribution in [1.82, 2.24) is 14.5 Å². The summed E-state index contributed by atoms with van der Waals surface area (Å²) in [6.45, 7) is 14.3. The van der Waals surface area contributed by atoms with Gasteiger partial charge in [0.15, 0.2) is 0 Å². The number of aromatic nitrogens is 2. The van der Waals surface area contributed by atoms with E-state index in [2.05, 4.69) is 29.7 Å². The molecule has 0 unspecified atom stereocenters. The minimum absolute atomic E-state index is 0.0127. The largest absolute Gasteiger partial charge is 0.444 e. The molecule has 2 atom stereocenters. The molecule has 3 rings (SSSR count). The minimum Gasteiger partial charge on any atom is -0.444 e. The van der Waals surface area contributed by atoms with Gasteiger partial charge < -0.3 is 24.0 Å². The molecule has 2 aromatic rings. The van der Waals surface area contributed by atoms with Gasteiger partial charge in [0.2, 0.25) is 0 Å². The van der Waals surface area contributed by atoms with Crippen LogP contribution in [-0.4, -0.2) is 62.7 Å². The molecule has 166 valence electrons. The fourth-order valence-electron chi connectivity index (χ4n) is 3.91. The SMILES string of the molecule is Cc1ccc2c(c1)nc(C)n2[C@@H]1CCN(C(=O)OC(C)(C)C)C[C@H]1OCC(C)(C)O. The molecule has 2 heterocycles. The van der Waals surface area contributed by atoms with Gasteiger partial charge in [0.1, 0.15) is 11.4 Å². The Bertz CT molecular complexity index is 908. The predicted octanol–water partition coefficient (Wildman–Crippen LogP) is 3.99. The molecule has 1 aliphatic rings. The van der Waals surface area contributed by atoms with Crippen LogP contribution >= 0.6 is 0 Å². The van der Waals surface area contributed by atoms with Crippen molar-refractivity contribution < 1.29 is 19.4 Å². The summed E-state index contributed by atoms with van der Waals surface area (Å²) in [4.78, 5) is 19.1. The van der Waals surface area contributed by atoms with Crippen LogP contribution in [0.5, 0.6) is 0 Å². The van der Waals surface area contributed by atoms with E-state index >= 15 is 0 Å². The molecule has 1 N–H and O–H groups in total. The Kier molecular flexibility index (Phi) is 6.16. The molecule has 0 saturated carbocycles.